The summed E-state index contributed by atoms with van der Waals surface area (Å²) < 4.78 is 6.75. The van der Waals surface area contributed by atoms with Crippen molar-refractivity contribution < 1.29 is 0 Å². The second-order valence-electron chi connectivity index (χ2n) is 15.8. The maximum absolute atomic E-state index is 4.52. The monoisotopic (exact) mass is 817 g/mol. The summed E-state index contributed by atoms with van der Waals surface area (Å²) in [6.45, 7) is 13.2. The topological polar surface area (TPSA) is 174 Å². The number of nitrogens with zero attached hydrogens (tertiary/aromatic N) is 9. The van der Waals surface area contributed by atoms with E-state index in [4.69, 9.17) is 0 Å². The smallest absolute Gasteiger partial charge is 0.156 e. The molecule has 6 atom stereocenters. The Kier molecular flexibility index (Phi) is 11.7. The third-order valence-corrected chi connectivity index (χ3v) is 12.9. The minimum Gasteiger partial charge on any atom is -0.345 e. The zero-order valence-corrected chi connectivity index (χ0v) is 34.0. The van der Waals surface area contributed by atoms with Crippen molar-refractivity contribution in [2.24, 2.45) is 17.8 Å². The standard InChI is InChI=1S/3C14H17N5.CH4.ClH/c3*1-2-9-5-15-6-10(9)12-7-17-13-8-18-14-11(19(12)13)3-4-16-14;;/h3*3-4,7-10,15-16H,2,5-6H2,1H3;1H4;1H/t3*9-,10+;;/m111../s1. The molecule has 9 aromatic rings. The predicted molar refractivity (Wildman–Crippen MR) is 237 cm³/mol. The maximum Gasteiger partial charge on any atom is 0.156 e. The van der Waals surface area contributed by atoms with Crippen LogP contribution in [-0.2, 0) is 0 Å². The van der Waals surface area contributed by atoms with E-state index < -0.39 is 0 Å². The number of H-pyrrole nitrogens is 3. The van der Waals surface area contributed by atoms with Gasteiger partial charge in [-0.25, -0.2) is 29.9 Å². The van der Waals surface area contributed by atoms with Crippen LogP contribution in [0.4, 0.5) is 0 Å². The molecule has 59 heavy (non-hydrogen) atoms. The fourth-order valence-corrected chi connectivity index (χ4v) is 9.79. The molecular weight excluding hydrogens is 762 g/mol. The van der Waals surface area contributed by atoms with E-state index in [0.717, 1.165) is 89.7 Å². The van der Waals surface area contributed by atoms with Crippen LogP contribution in [0.2, 0.25) is 0 Å². The van der Waals surface area contributed by atoms with Crippen molar-refractivity contribution in [2.75, 3.05) is 39.3 Å². The molecular formula is C43H56ClN15. The Hall–Kier alpha value is -5.35. The molecule has 6 N–H and O–H groups in total. The second kappa shape index (κ2) is 17.1. The Labute approximate surface area is 349 Å². The molecule has 0 amide bonds. The van der Waals surface area contributed by atoms with E-state index in [-0.39, 0.29) is 19.8 Å². The first-order chi connectivity index (χ1) is 28.1. The van der Waals surface area contributed by atoms with E-state index in [2.05, 4.69) is 113 Å². The Morgan fingerprint density at radius 1 is 0.458 bits per heavy atom. The van der Waals surface area contributed by atoms with Crippen LogP contribution < -0.4 is 16.0 Å². The molecule has 3 fully saturated rings. The highest BCUT2D eigenvalue weighted by atomic mass is 35.5. The molecule has 0 aromatic carbocycles. The number of aromatic nitrogens is 12. The Morgan fingerprint density at radius 2 is 0.763 bits per heavy atom. The van der Waals surface area contributed by atoms with Crippen LogP contribution in [0, 0.1) is 17.8 Å². The van der Waals surface area contributed by atoms with Crippen LogP contribution in [0.25, 0.3) is 50.4 Å². The average molecular weight is 818 g/mol. The number of hydrogen-bond acceptors (Lipinski definition) is 9. The van der Waals surface area contributed by atoms with Gasteiger partial charge in [0.05, 0.1) is 35.1 Å². The molecule has 0 spiro atoms. The summed E-state index contributed by atoms with van der Waals surface area (Å²) in [5.74, 6) is 3.72. The first-order valence-corrected chi connectivity index (χ1v) is 20.7. The highest BCUT2D eigenvalue weighted by Crippen LogP contribution is 2.34. The van der Waals surface area contributed by atoms with Gasteiger partial charge in [0.2, 0.25) is 0 Å². The maximum atomic E-state index is 4.52. The Balaban J connectivity index is 0.000000121. The van der Waals surface area contributed by atoms with Gasteiger partial charge in [0.15, 0.2) is 33.9 Å². The summed E-state index contributed by atoms with van der Waals surface area (Å²) in [6.07, 6.45) is 21.0. The van der Waals surface area contributed by atoms with E-state index in [1.54, 1.807) is 0 Å². The summed E-state index contributed by atoms with van der Waals surface area (Å²) in [5.41, 5.74) is 12.8. The molecule has 3 aliphatic rings. The second-order valence-corrected chi connectivity index (χ2v) is 15.8. The zero-order chi connectivity index (χ0) is 38.5. The van der Waals surface area contributed by atoms with Crippen molar-refractivity contribution in [2.45, 2.75) is 65.2 Å². The fourth-order valence-electron chi connectivity index (χ4n) is 9.79. The largest absolute Gasteiger partial charge is 0.345 e. The van der Waals surface area contributed by atoms with E-state index in [0.29, 0.717) is 35.5 Å². The van der Waals surface area contributed by atoms with Gasteiger partial charge in [0.1, 0.15) is 0 Å². The van der Waals surface area contributed by atoms with Gasteiger partial charge < -0.3 is 30.9 Å². The third-order valence-electron chi connectivity index (χ3n) is 12.9. The van der Waals surface area contributed by atoms with E-state index >= 15 is 0 Å². The summed E-state index contributed by atoms with van der Waals surface area (Å²) in [4.78, 5) is 36.3. The van der Waals surface area contributed by atoms with Crippen LogP contribution in [0.3, 0.4) is 0 Å². The van der Waals surface area contributed by atoms with Crippen molar-refractivity contribution in [3.05, 3.63) is 91.1 Å². The van der Waals surface area contributed by atoms with Crippen molar-refractivity contribution >= 4 is 62.8 Å². The van der Waals surface area contributed by atoms with Gasteiger partial charge in [0, 0.05) is 91.7 Å². The van der Waals surface area contributed by atoms with Crippen LogP contribution >= 0.6 is 12.4 Å². The molecule has 310 valence electrons. The SMILES string of the molecule is C.CC[C@@H]1CNC[C@@H]1c1cnc2cnc3[nH]ccc3n12.CC[C@@H]1CNC[C@@H]1c1cnc2cnc3[nH]ccc3n12.CC[C@@H]1CNC[C@@H]1c1cnc2cnc3[nH]ccc3n12.Cl. The van der Waals surface area contributed by atoms with Gasteiger partial charge in [-0.05, 0) is 55.6 Å². The summed E-state index contributed by atoms with van der Waals surface area (Å²) in [5, 5.41) is 10.5. The molecule has 12 rings (SSSR count). The lowest BCUT2D eigenvalue weighted by atomic mass is 9.91. The molecule has 16 heteroatoms. The van der Waals surface area contributed by atoms with Gasteiger partial charge in [-0.1, -0.05) is 47.5 Å². The Bertz CT molecular complexity index is 2490. The van der Waals surface area contributed by atoms with E-state index in [1.807, 2.05) is 55.8 Å². The molecule has 0 unspecified atom stereocenters. The molecule has 12 heterocycles. The number of rotatable bonds is 6. The lowest BCUT2D eigenvalue weighted by Gasteiger charge is -2.16. The minimum atomic E-state index is 0. The summed E-state index contributed by atoms with van der Waals surface area (Å²) >= 11 is 0. The number of hydrogen-bond donors (Lipinski definition) is 6. The van der Waals surface area contributed by atoms with Crippen LogP contribution in [-0.4, -0.2) is 97.3 Å². The molecule has 0 radical (unpaired) electrons. The highest BCUT2D eigenvalue weighted by Gasteiger charge is 2.32. The number of aromatic amines is 3. The van der Waals surface area contributed by atoms with Crippen molar-refractivity contribution in [3.8, 4) is 0 Å². The number of imidazole rings is 3. The molecule has 0 bridgehead atoms. The van der Waals surface area contributed by atoms with Crippen molar-refractivity contribution in [1.82, 2.24) is 74.0 Å². The zero-order valence-electron chi connectivity index (χ0n) is 33.2. The number of fused-ring (bicyclic) bond motifs is 9. The van der Waals surface area contributed by atoms with Crippen molar-refractivity contribution in [1.29, 1.82) is 0 Å². The van der Waals surface area contributed by atoms with E-state index in [1.165, 1.54) is 36.3 Å². The molecule has 3 saturated heterocycles. The highest BCUT2D eigenvalue weighted by molar-refractivity contribution is 5.85. The molecule has 3 aliphatic heterocycles. The minimum absolute atomic E-state index is 0. The predicted octanol–water partition coefficient (Wildman–Crippen LogP) is 6.83. The Morgan fingerprint density at radius 3 is 1.05 bits per heavy atom. The van der Waals surface area contributed by atoms with Crippen LogP contribution in [0.15, 0.2) is 74.0 Å². The first kappa shape index (κ1) is 40.4. The molecule has 0 saturated carbocycles. The van der Waals surface area contributed by atoms with E-state index in [9.17, 15) is 0 Å². The summed E-state index contributed by atoms with van der Waals surface area (Å²) in [7, 11) is 0. The number of halogens is 1. The van der Waals surface area contributed by atoms with Gasteiger partial charge in [-0.15, -0.1) is 12.4 Å². The normalized spacial score (nSPS) is 22.8. The third kappa shape index (κ3) is 7.03. The molecule has 9 aromatic heterocycles. The van der Waals surface area contributed by atoms with Gasteiger partial charge in [-0.3, -0.25) is 13.2 Å². The van der Waals surface area contributed by atoms with Gasteiger partial charge >= 0.3 is 0 Å². The van der Waals surface area contributed by atoms with Gasteiger partial charge in [0.25, 0.3) is 0 Å². The van der Waals surface area contributed by atoms with Crippen molar-refractivity contribution in [3.63, 3.8) is 0 Å². The van der Waals surface area contributed by atoms with Crippen LogP contribution in [0.1, 0.15) is 82.3 Å². The fraction of sp³-hybridized carbons (Fsp3) is 0.442. The lowest BCUT2D eigenvalue weighted by molar-refractivity contribution is 0.493. The van der Waals surface area contributed by atoms with Crippen LogP contribution in [0.5, 0.6) is 0 Å². The number of nitrogens with one attached hydrogen (secondary N) is 6. The summed E-state index contributed by atoms with van der Waals surface area (Å²) in [6, 6.07) is 6.22. The molecule has 15 nitrogen and oxygen atoms in total. The first-order valence-electron chi connectivity index (χ1n) is 20.7. The molecule has 0 aliphatic carbocycles. The van der Waals surface area contributed by atoms with Gasteiger partial charge in [-0.2, -0.15) is 0 Å². The lowest BCUT2D eigenvalue weighted by Crippen LogP contribution is -2.12. The average Bonchev–Trinajstić information content (AvgIpc) is 4.09. The quantitative estimate of drug-likeness (QED) is 0.105.